The topological polar surface area (TPSA) is 35.7 Å². The lowest BCUT2D eigenvalue weighted by Gasteiger charge is -2.38. The van der Waals surface area contributed by atoms with E-state index in [4.69, 9.17) is 18.0 Å². The maximum atomic E-state index is 5.71. The Morgan fingerprint density at radius 1 is 1.22 bits per heavy atom. The maximum Gasteiger partial charge on any atom is 0.0899 e. The highest BCUT2D eigenvalue weighted by atomic mass is 32.1. The number of likely N-dealkylation sites (N-methyl/N-ethyl adjacent to an activating group) is 1. The number of thiocarbonyl (C=S) groups is 1. The second-order valence-electron chi connectivity index (χ2n) is 4.98. The van der Waals surface area contributed by atoms with Crippen molar-refractivity contribution in [3.05, 3.63) is 0 Å². The third kappa shape index (κ3) is 4.80. The summed E-state index contributed by atoms with van der Waals surface area (Å²) in [6.07, 6.45) is 0. The van der Waals surface area contributed by atoms with E-state index in [1.54, 1.807) is 0 Å². The molecule has 0 amide bonds. The van der Waals surface area contributed by atoms with Crippen LogP contribution in [0.15, 0.2) is 0 Å². The minimum absolute atomic E-state index is 0.241. The van der Waals surface area contributed by atoms with Gasteiger partial charge in [-0.3, -0.25) is 9.80 Å². The van der Waals surface area contributed by atoms with Crippen molar-refractivity contribution < 1.29 is 0 Å². The fourth-order valence-electron chi connectivity index (χ4n) is 2.38. The van der Waals surface area contributed by atoms with Gasteiger partial charge in [-0.2, -0.15) is 0 Å². The van der Waals surface area contributed by atoms with Gasteiger partial charge in [0.05, 0.1) is 11.0 Å². The van der Waals surface area contributed by atoms with Gasteiger partial charge in [-0.15, -0.1) is 0 Å². The molecule has 1 heterocycles. The van der Waals surface area contributed by atoms with E-state index in [9.17, 15) is 0 Å². The summed E-state index contributed by atoms with van der Waals surface area (Å²) in [6, 6.07) is 0.241. The molecule has 1 saturated heterocycles. The minimum atomic E-state index is 0.241. The second-order valence-corrected chi connectivity index (χ2v) is 5.45. The zero-order valence-electron chi connectivity index (χ0n) is 12.1. The molecular weight excluding hydrogens is 244 g/mol. The molecule has 106 valence electrons. The number of hydrogen-bond donors (Lipinski definition) is 1. The van der Waals surface area contributed by atoms with E-state index < -0.39 is 0 Å². The molecule has 0 aliphatic carbocycles. The lowest BCUT2D eigenvalue weighted by atomic mass is 10.2. The van der Waals surface area contributed by atoms with Crippen LogP contribution in [0.4, 0.5) is 0 Å². The largest absolute Gasteiger partial charge is 0.392 e. The Kier molecular flexibility index (Phi) is 7.07. The van der Waals surface area contributed by atoms with Crippen LogP contribution in [0.3, 0.4) is 0 Å². The highest BCUT2D eigenvalue weighted by Gasteiger charge is 2.22. The summed E-state index contributed by atoms with van der Waals surface area (Å²) in [5, 5.41) is 0. The zero-order chi connectivity index (χ0) is 13.5. The van der Waals surface area contributed by atoms with Crippen molar-refractivity contribution in [2.24, 2.45) is 5.73 Å². The van der Waals surface area contributed by atoms with Crippen molar-refractivity contribution in [2.75, 3.05) is 52.4 Å². The molecule has 1 rings (SSSR count). The molecule has 2 N–H and O–H groups in total. The summed E-state index contributed by atoms with van der Waals surface area (Å²) < 4.78 is 0. The Hall–Kier alpha value is -0.230. The molecule has 1 atom stereocenters. The maximum absolute atomic E-state index is 5.71. The van der Waals surface area contributed by atoms with Crippen LogP contribution in [-0.4, -0.2) is 78.1 Å². The molecule has 1 aliphatic heterocycles. The van der Waals surface area contributed by atoms with Crippen LogP contribution in [-0.2, 0) is 0 Å². The number of rotatable bonds is 7. The standard InChI is InChI=1S/C13H28N4S/c1-4-15(5-2)6-7-16-8-10-17(11-9-16)12(3)13(14)18/h12H,4-11H2,1-3H3,(H2,14,18). The first-order chi connectivity index (χ1) is 8.58. The van der Waals surface area contributed by atoms with Crippen molar-refractivity contribution in [2.45, 2.75) is 26.8 Å². The van der Waals surface area contributed by atoms with E-state index in [1.165, 1.54) is 13.1 Å². The van der Waals surface area contributed by atoms with Gasteiger partial charge < -0.3 is 10.6 Å². The molecule has 5 heteroatoms. The van der Waals surface area contributed by atoms with E-state index in [0.717, 1.165) is 39.3 Å². The first-order valence-corrected chi connectivity index (χ1v) is 7.47. The quantitative estimate of drug-likeness (QED) is 0.688. The molecule has 4 nitrogen and oxygen atoms in total. The molecule has 0 saturated carbocycles. The predicted octanol–water partition coefficient (Wildman–Crippen LogP) is 0.620. The van der Waals surface area contributed by atoms with Gasteiger partial charge in [-0.05, 0) is 20.0 Å². The molecule has 1 aliphatic rings. The highest BCUT2D eigenvalue weighted by molar-refractivity contribution is 7.80. The van der Waals surface area contributed by atoms with Gasteiger partial charge in [0.15, 0.2) is 0 Å². The summed E-state index contributed by atoms with van der Waals surface area (Å²) in [4.78, 5) is 8.02. The van der Waals surface area contributed by atoms with Crippen LogP contribution < -0.4 is 5.73 Å². The number of nitrogens with zero attached hydrogens (tertiary/aromatic N) is 3. The Labute approximate surface area is 117 Å². The van der Waals surface area contributed by atoms with Crippen LogP contribution in [0.25, 0.3) is 0 Å². The Balaban J connectivity index is 2.25. The van der Waals surface area contributed by atoms with Crippen molar-refractivity contribution in [3.63, 3.8) is 0 Å². The molecule has 1 fully saturated rings. The van der Waals surface area contributed by atoms with Gasteiger partial charge >= 0.3 is 0 Å². The molecule has 0 aromatic heterocycles. The van der Waals surface area contributed by atoms with Gasteiger partial charge in [0.25, 0.3) is 0 Å². The average molecular weight is 272 g/mol. The predicted molar refractivity (Wildman–Crippen MR) is 82.0 cm³/mol. The number of hydrogen-bond acceptors (Lipinski definition) is 4. The fraction of sp³-hybridized carbons (Fsp3) is 0.923. The van der Waals surface area contributed by atoms with Crippen molar-refractivity contribution >= 4 is 17.2 Å². The summed E-state index contributed by atoms with van der Waals surface area (Å²) in [5.74, 6) is 0. The van der Waals surface area contributed by atoms with Gasteiger partial charge in [0, 0.05) is 39.3 Å². The van der Waals surface area contributed by atoms with Gasteiger partial charge in [0.1, 0.15) is 0 Å². The van der Waals surface area contributed by atoms with E-state index in [2.05, 4.69) is 35.5 Å². The van der Waals surface area contributed by atoms with Gasteiger partial charge in [-0.25, -0.2) is 0 Å². The minimum Gasteiger partial charge on any atom is -0.392 e. The molecule has 1 unspecified atom stereocenters. The SMILES string of the molecule is CCN(CC)CCN1CCN(C(C)C(N)=S)CC1. The average Bonchev–Trinajstić information content (AvgIpc) is 2.39. The van der Waals surface area contributed by atoms with Crippen LogP contribution in [0.1, 0.15) is 20.8 Å². The molecule has 0 bridgehead atoms. The van der Waals surface area contributed by atoms with E-state index in [-0.39, 0.29) is 6.04 Å². The molecule has 0 aromatic rings. The number of nitrogens with two attached hydrogens (primary N) is 1. The van der Waals surface area contributed by atoms with E-state index in [1.807, 2.05) is 0 Å². The van der Waals surface area contributed by atoms with Crippen LogP contribution in [0, 0.1) is 0 Å². The highest BCUT2D eigenvalue weighted by Crippen LogP contribution is 2.06. The summed E-state index contributed by atoms with van der Waals surface area (Å²) >= 11 is 5.06. The first kappa shape index (κ1) is 15.8. The fourth-order valence-corrected chi connectivity index (χ4v) is 2.53. The van der Waals surface area contributed by atoms with E-state index in [0.29, 0.717) is 4.99 Å². The monoisotopic (exact) mass is 272 g/mol. The Bertz CT molecular complexity index is 247. The molecule has 18 heavy (non-hydrogen) atoms. The third-order valence-corrected chi connectivity index (χ3v) is 4.33. The van der Waals surface area contributed by atoms with Crippen molar-refractivity contribution in [1.29, 1.82) is 0 Å². The normalized spacial score (nSPS) is 20.2. The second kappa shape index (κ2) is 8.04. The molecule has 0 aromatic carbocycles. The van der Waals surface area contributed by atoms with E-state index >= 15 is 0 Å². The third-order valence-electron chi connectivity index (χ3n) is 3.99. The van der Waals surface area contributed by atoms with Gasteiger partial charge in [0.2, 0.25) is 0 Å². The van der Waals surface area contributed by atoms with Crippen molar-refractivity contribution in [3.8, 4) is 0 Å². The van der Waals surface area contributed by atoms with Crippen LogP contribution in [0.2, 0.25) is 0 Å². The lowest BCUT2D eigenvalue weighted by molar-refractivity contribution is 0.112. The summed E-state index contributed by atoms with van der Waals surface area (Å²) in [5.41, 5.74) is 5.71. The number of piperazine rings is 1. The zero-order valence-corrected chi connectivity index (χ0v) is 12.9. The first-order valence-electron chi connectivity index (χ1n) is 7.06. The smallest absolute Gasteiger partial charge is 0.0899 e. The Morgan fingerprint density at radius 2 is 1.78 bits per heavy atom. The molecular formula is C13H28N4S. The summed E-state index contributed by atoms with van der Waals surface area (Å²) in [7, 11) is 0. The Morgan fingerprint density at radius 3 is 2.22 bits per heavy atom. The van der Waals surface area contributed by atoms with Crippen LogP contribution in [0.5, 0.6) is 0 Å². The molecule has 0 radical (unpaired) electrons. The van der Waals surface area contributed by atoms with Crippen molar-refractivity contribution in [1.82, 2.24) is 14.7 Å². The molecule has 0 spiro atoms. The lowest BCUT2D eigenvalue weighted by Crippen LogP contribution is -2.53. The van der Waals surface area contributed by atoms with Gasteiger partial charge in [-0.1, -0.05) is 26.1 Å². The van der Waals surface area contributed by atoms with Crippen LogP contribution >= 0.6 is 12.2 Å². The summed E-state index contributed by atoms with van der Waals surface area (Å²) in [6.45, 7) is 15.6.